The maximum Gasteiger partial charge on any atom is 0.233 e. The summed E-state index contributed by atoms with van der Waals surface area (Å²) < 4.78 is 17.4. The first-order valence-corrected chi connectivity index (χ1v) is 8.00. The molecule has 1 saturated heterocycles. The normalized spacial score (nSPS) is 17.6. The molecule has 1 unspecified atom stereocenters. The third-order valence-corrected chi connectivity index (χ3v) is 4.65. The molecule has 0 bridgehead atoms. The molecule has 1 aromatic rings. The van der Waals surface area contributed by atoms with Crippen molar-refractivity contribution >= 4 is 22.4 Å². The highest BCUT2D eigenvalue weighted by atomic mass is 32.2. The van der Waals surface area contributed by atoms with E-state index >= 15 is 0 Å². The third kappa shape index (κ3) is 4.05. The minimum atomic E-state index is -1.41. The van der Waals surface area contributed by atoms with E-state index in [2.05, 4.69) is 5.32 Å². The average Bonchev–Trinajstić information content (AvgIpc) is 2.39. The molecule has 0 saturated carbocycles. The number of carbonyl (C=O) groups excluding carboxylic acids is 1. The molecule has 1 amide bonds. The van der Waals surface area contributed by atoms with Crippen LogP contribution in [0.3, 0.4) is 0 Å². The SMILES string of the molecule is Cc1ccc(S(=O)CC(=O)NC2CCOCC2)c(N)c1. The minimum Gasteiger partial charge on any atom is -0.398 e. The van der Waals surface area contributed by atoms with Gasteiger partial charge in [0.15, 0.2) is 0 Å². The Morgan fingerprint density at radius 1 is 1.45 bits per heavy atom. The van der Waals surface area contributed by atoms with Gasteiger partial charge in [0.05, 0.1) is 15.7 Å². The van der Waals surface area contributed by atoms with Gasteiger partial charge in [-0.3, -0.25) is 9.00 Å². The Bertz CT molecular complexity index is 513. The van der Waals surface area contributed by atoms with Crippen LogP contribution < -0.4 is 11.1 Å². The van der Waals surface area contributed by atoms with Gasteiger partial charge in [-0.15, -0.1) is 0 Å². The summed E-state index contributed by atoms with van der Waals surface area (Å²) in [5.41, 5.74) is 7.32. The second kappa shape index (κ2) is 6.85. The minimum absolute atomic E-state index is 0.0510. The summed E-state index contributed by atoms with van der Waals surface area (Å²) in [6.45, 7) is 3.25. The van der Waals surface area contributed by atoms with Gasteiger partial charge in [-0.1, -0.05) is 6.07 Å². The van der Waals surface area contributed by atoms with E-state index in [0.29, 0.717) is 23.8 Å². The zero-order valence-corrected chi connectivity index (χ0v) is 12.4. The molecule has 1 aromatic carbocycles. The molecule has 2 rings (SSSR count). The summed E-state index contributed by atoms with van der Waals surface area (Å²) in [5.74, 6) is -0.250. The molecule has 1 aliphatic heterocycles. The van der Waals surface area contributed by atoms with Crippen LogP contribution >= 0.6 is 0 Å². The van der Waals surface area contributed by atoms with E-state index in [1.165, 1.54) is 0 Å². The molecule has 0 radical (unpaired) electrons. The fourth-order valence-corrected chi connectivity index (χ4v) is 3.20. The molecule has 110 valence electrons. The Balaban J connectivity index is 1.91. The molecule has 1 aliphatic rings. The van der Waals surface area contributed by atoms with Crippen molar-refractivity contribution < 1.29 is 13.7 Å². The lowest BCUT2D eigenvalue weighted by Crippen LogP contribution is -2.40. The van der Waals surface area contributed by atoms with Crippen molar-refractivity contribution in [3.05, 3.63) is 23.8 Å². The Morgan fingerprint density at radius 3 is 2.80 bits per heavy atom. The van der Waals surface area contributed by atoms with Crippen molar-refractivity contribution in [1.82, 2.24) is 5.32 Å². The van der Waals surface area contributed by atoms with Crippen LogP contribution in [0.15, 0.2) is 23.1 Å². The van der Waals surface area contributed by atoms with E-state index in [4.69, 9.17) is 10.5 Å². The summed E-state index contributed by atoms with van der Waals surface area (Å²) in [7, 11) is -1.41. The summed E-state index contributed by atoms with van der Waals surface area (Å²) in [4.78, 5) is 12.4. The second-order valence-corrected chi connectivity index (χ2v) is 6.40. The highest BCUT2D eigenvalue weighted by molar-refractivity contribution is 7.86. The van der Waals surface area contributed by atoms with Gasteiger partial charge < -0.3 is 15.8 Å². The molecule has 5 nitrogen and oxygen atoms in total. The highest BCUT2D eigenvalue weighted by Gasteiger charge is 2.18. The van der Waals surface area contributed by atoms with Crippen LogP contribution in [0.25, 0.3) is 0 Å². The van der Waals surface area contributed by atoms with Gasteiger partial charge in [0, 0.05) is 24.9 Å². The van der Waals surface area contributed by atoms with Crippen LogP contribution in [0.1, 0.15) is 18.4 Å². The smallest absolute Gasteiger partial charge is 0.233 e. The van der Waals surface area contributed by atoms with E-state index in [1.807, 2.05) is 13.0 Å². The number of nitrogen functional groups attached to an aromatic ring is 1. The Hall–Kier alpha value is -1.40. The molecule has 1 atom stereocenters. The number of ether oxygens (including phenoxy) is 1. The molecule has 20 heavy (non-hydrogen) atoms. The van der Waals surface area contributed by atoms with Gasteiger partial charge in [-0.05, 0) is 37.5 Å². The van der Waals surface area contributed by atoms with E-state index in [-0.39, 0.29) is 17.7 Å². The number of hydrogen-bond acceptors (Lipinski definition) is 4. The second-order valence-electron chi connectivity index (χ2n) is 4.99. The maximum atomic E-state index is 12.2. The zero-order valence-electron chi connectivity index (χ0n) is 11.6. The summed E-state index contributed by atoms with van der Waals surface area (Å²) >= 11 is 0. The average molecular weight is 296 g/mol. The van der Waals surface area contributed by atoms with Crippen molar-refractivity contribution in [3.63, 3.8) is 0 Å². The lowest BCUT2D eigenvalue weighted by Gasteiger charge is -2.23. The summed E-state index contributed by atoms with van der Waals surface area (Å²) in [5, 5.41) is 2.90. The van der Waals surface area contributed by atoms with Crippen LogP contribution in [-0.4, -0.2) is 35.1 Å². The first-order valence-electron chi connectivity index (χ1n) is 6.68. The Morgan fingerprint density at radius 2 is 2.15 bits per heavy atom. The molecular weight excluding hydrogens is 276 g/mol. The predicted molar refractivity (Wildman–Crippen MR) is 78.9 cm³/mol. The van der Waals surface area contributed by atoms with E-state index in [9.17, 15) is 9.00 Å². The number of rotatable bonds is 4. The highest BCUT2D eigenvalue weighted by Crippen LogP contribution is 2.18. The molecule has 0 aliphatic carbocycles. The molecule has 0 spiro atoms. The van der Waals surface area contributed by atoms with Gasteiger partial charge in [0.25, 0.3) is 0 Å². The number of hydrogen-bond donors (Lipinski definition) is 2. The van der Waals surface area contributed by atoms with E-state index < -0.39 is 10.8 Å². The molecule has 6 heteroatoms. The molecule has 1 fully saturated rings. The number of carbonyl (C=O) groups is 1. The molecule has 1 heterocycles. The Labute approximate surface area is 121 Å². The number of benzene rings is 1. The topological polar surface area (TPSA) is 81.4 Å². The van der Waals surface area contributed by atoms with Gasteiger partial charge >= 0.3 is 0 Å². The fraction of sp³-hybridized carbons (Fsp3) is 0.500. The number of nitrogens with two attached hydrogens (primary N) is 1. The number of aryl methyl sites for hydroxylation is 1. The van der Waals surface area contributed by atoms with Gasteiger partial charge in [0.1, 0.15) is 5.75 Å². The zero-order chi connectivity index (χ0) is 14.5. The number of amides is 1. The van der Waals surface area contributed by atoms with Gasteiger partial charge in [0.2, 0.25) is 5.91 Å². The monoisotopic (exact) mass is 296 g/mol. The van der Waals surface area contributed by atoms with Crippen molar-refractivity contribution in [2.45, 2.75) is 30.7 Å². The van der Waals surface area contributed by atoms with Crippen molar-refractivity contribution in [1.29, 1.82) is 0 Å². The largest absolute Gasteiger partial charge is 0.398 e. The van der Waals surface area contributed by atoms with Gasteiger partial charge in [-0.25, -0.2) is 0 Å². The predicted octanol–water partition coefficient (Wildman–Crippen LogP) is 0.980. The quantitative estimate of drug-likeness (QED) is 0.812. The number of nitrogens with one attached hydrogen (secondary N) is 1. The van der Waals surface area contributed by atoms with Crippen molar-refractivity contribution in [2.24, 2.45) is 0 Å². The molecular formula is C14H20N2O3S. The van der Waals surface area contributed by atoms with E-state index in [1.54, 1.807) is 12.1 Å². The first-order chi connectivity index (χ1) is 9.56. The van der Waals surface area contributed by atoms with E-state index in [0.717, 1.165) is 18.4 Å². The van der Waals surface area contributed by atoms with Crippen LogP contribution in [0.5, 0.6) is 0 Å². The summed E-state index contributed by atoms with van der Waals surface area (Å²) in [6.07, 6.45) is 1.62. The summed E-state index contributed by atoms with van der Waals surface area (Å²) in [6, 6.07) is 5.47. The fourth-order valence-electron chi connectivity index (χ4n) is 2.18. The van der Waals surface area contributed by atoms with Crippen molar-refractivity contribution in [3.8, 4) is 0 Å². The Kier molecular flexibility index (Phi) is 5.14. The van der Waals surface area contributed by atoms with Crippen LogP contribution in [0, 0.1) is 6.92 Å². The van der Waals surface area contributed by atoms with Crippen LogP contribution in [-0.2, 0) is 20.3 Å². The maximum absolute atomic E-state index is 12.2. The van der Waals surface area contributed by atoms with Crippen LogP contribution in [0.4, 0.5) is 5.69 Å². The lowest BCUT2D eigenvalue weighted by atomic mass is 10.1. The van der Waals surface area contributed by atoms with Crippen LogP contribution in [0.2, 0.25) is 0 Å². The number of anilines is 1. The van der Waals surface area contributed by atoms with Crippen molar-refractivity contribution in [2.75, 3.05) is 24.7 Å². The van der Waals surface area contributed by atoms with Gasteiger partial charge in [-0.2, -0.15) is 0 Å². The standard InChI is InChI=1S/C14H20N2O3S/c1-10-2-3-13(12(15)8-10)20(18)9-14(17)16-11-4-6-19-7-5-11/h2-3,8,11H,4-7,9,15H2,1H3,(H,16,17). The molecule has 3 N–H and O–H groups in total. The first kappa shape index (κ1) is 15.0. The lowest BCUT2D eigenvalue weighted by molar-refractivity contribution is -0.119. The molecule has 0 aromatic heterocycles. The third-order valence-electron chi connectivity index (χ3n) is 3.26.